The molecule has 5 rings (SSSR count). The van der Waals surface area contributed by atoms with Crippen molar-refractivity contribution in [1.29, 1.82) is 0 Å². The van der Waals surface area contributed by atoms with E-state index in [1.54, 1.807) is 13.0 Å². The molecule has 358 valence electrons. The predicted octanol–water partition coefficient (Wildman–Crippen LogP) is 13.3. The molecule has 2 saturated carbocycles. The van der Waals surface area contributed by atoms with Gasteiger partial charge in [0.15, 0.2) is 0 Å². The Kier molecular flexibility index (Phi) is 20.6. The van der Waals surface area contributed by atoms with E-state index in [9.17, 15) is 19.8 Å². The Morgan fingerprint density at radius 2 is 1.34 bits per heavy atom. The maximum absolute atomic E-state index is 16.2. The average Bonchev–Trinajstić information content (AvgIpc) is 3.30. The molecule has 0 unspecified atom stereocenters. The number of halogens is 1. The third-order valence-corrected chi connectivity index (χ3v) is 14.3. The Morgan fingerprint density at radius 3 is 1.91 bits per heavy atom. The van der Waals surface area contributed by atoms with E-state index in [4.69, 9.17) is 14.2 Å². The summed E-state index contributed by atoms with van der Waals surface area (Å²) in [6.45, 7) is 15.7. The minimum atomic E-state index is -0.607. The molecule has 0 aromatic heterocycles. The summed E-state index contributed by atoms with van der Waals surface area (Å²) >= 11 is 0. The number of rotatable bonds is 24. The fourth-order valence-electron chi connectivity index (χ4n) is 10.1. The molecule has 65 heavy (non-hydrogen) atoms. The number of ether oxygens (including phenoxy) is 3. The number of aliphatic hydroxyl groups is 2. The molecule has 3 aromatic rings. The minimum Gasteiger partial charge on any atom is -0.493 e. The van der Waals surface area contributed by atoms with Crippen molar-refractivity contribution in [2.24, 2.45) is 29.1 Å². The van der Waals surface area contributed by atoms with Crippen molar-refractivity contribution in [2.45, 2.75) is 163 Å². The van der Waals surface area contributed by atoms with Crippen LogP contribution in [-0.4, -0.2) is 55.2 Å². The summed E-state index contributed by atoms with van der Waals surface area (Å²) in [6.07, 6.45) is 19.4. The van der Waals surface area contributed by atoms with E-state index >= 15 is 4.39 Å². The van der Waals surface area contributed by atoms with Gasteiger partial charge in [-0.1, -0.05) is 89.3 Å². The van der Waals surface area contributed by atoms with E-state index in [-0.39, 0.29) is 50.7 Å². The van der Waals surface area contributed by atoms with Crippen molar-refractivity contribution in [3.63, 3.8) is 0 Å². The lowest BCUT2D eigenvalue weighted by atomic mass is 9.68. The Bertz CT molecular complexity index is 1980. The number of carbonyl (C=O) groups is 2. The van der Waals surface area contributed by atoms with Gasteiger partial charge in [-0.2, -0.15) is 0 Å². The maximum Gasteiger partial charge on any atom is 0.333 e. The number of benzene rings is 3. The summed E-state index contributed by atoms with van der Waals surface area (Å²) < 4.78 is 33.8. The second kappa shape index (κ2) is 25.8. The van der Waals surface area contributed by atoms with Crippen molar-refractivity contribution in [1.82, 2.24) is 0 Å². The van der Waals surface area contributed by atoms with Crippen LogP contribution in [0.1, 0.15) is 166 Å². The SMILES string of the molecule is C=C(C)C(=O)OCCCc1cc(-c2ccc(-c3ccc(C4CCC(C5CCC(CCCCC)CC5)CC4)cc3F)cc2CC)cc(CCCOC(=O)C(C)(C)C)c1OCCC(CO)CO. The molecule has 0 heterocycles. The zero-order chi connectivity index (χ0) is 46.9. The van der Waals surface area contributed by atoms with E-state index in [0.29, 0.717) is 54.9 Å². The first-order valence-electron chi connectivity index (χ1n) is 25.2. The van der Waals surface area contributed by atoms with Crippen molar-refractivity contribution in [3.05, 3.63) is 88.8 Å². The molecular weight excluding hydrogens is 816 g/mol. The topological polar surface area (TPSA) is 102 Å². The number of hydrogen-bond donors (Lipinski definition) is 2. The Morgan fingerprint density at radius 1 is 0.738 bits per heavy atom. The number of esters is 2. The molecule has 0 spiro atoms. The molecule has 0 bridgehead atoms. The quantitative estimate of drug-likeness (QED) is 0.0524. The highest BCUT2D eigenvalue weighted by Crippen LogP contribution is 2.45. The van der Waals surface area contributed by atoms with Crippen LogP contribution >= 0.6 is 0 Å². The van der Waals surface area contributed by atoms with Crippen LogP contribution in [0.2, 0.25) is 0 Å². The highest BCUT2D eigenvalue weighted by molar-refractivity contribution is 5.86. The summed E-state index contributed by atoms with van der Waals surface area (Å²) in [5.74, 6) is 2.62. The molecular formula is C57H81FO7. The molecule has 0 atom stereocenters. The van der Waals surface area contributed by atoms with Gasteiger partial charge in [-0.05, 0) is 186 Å². The molecule has 0 saturated heterocycles. The van der Waals surface area contributed by atoms with Gasteiger partial charge in [0.2, 0.25) is 0 Å². The third kappa shape index (κ3) is 15.3. The molecule has 7 nitrogen and oxygen atoms in total. The molecule has 0 radical (unpaired) electrons. The Labute approximate surface area is 390 Å². The lowest BCUT2D eigenvalue weighted by molar-refractivity contribution is -0.153. The van der Waals surface area contributed by atoms with Gasteiger partial charge in [-0.25, -0.2) is 9.18 Å². The fourth-order valence-corrected chi connectivity index (χ4v) is 10.1. The largest absolute Gasteiger partial charge is 0.493 e. The van der Waals surface area contributed by atoms with Crippen LogP contribution in [0.3, 0.4) is 0 Å². The monoisotopic (exact) mass is 897 g/mol. The van der Waals surface area contributed by atoms with Gasteiger partial charge >= 0.3 is 11.9 Å². The van der Waals surface area contributed by atoms with Crippen LogP contribution in [0.25, 0.3) is 22.3 Å². The van der Waals surface area contributed by atoms with Gasteiger partial charge in [-0.3, -0.25) is 4.79 Å². The highest BCUT2D eigenvalue weighted by atomic mass is 19.1. The van der Waals surface area contributed by atoms with Crippen molar-refractivity contribution in [2.75, 3.05) is 33.0 Å². The van der Waals surface area contributed by atoms with Gasteiger partial charge in [-0.15, -0.1) is 0 Å². The highest BCUT2D eigenvalue weighted by Gasteiger charge is 2.32. The Balaban J connectivity index is 1.36. The van der Waals surface area contributed by atoms with E-state index in [0.717, 1.165) is 76.0 Å². The molecule has 0 aliphatic heterocycles. The van der Waals surface area contributed by atoms with Crippen molar-refractivity contribution in [3.8, 4) is 28.0 Å². The van der Waals surface area contributed by atoms with E-state index in [2.05, 4.69) is 50.8 Å². The standard InChI is InChI=1S/C57H81FO7/c1-8-10-11-14-40-17-19-43(20-18-40)44-21-23-45(24-22-44)46-25-28-52(53(58)36-46)47-26-27-51(42(9-2)33-47)50-34-48(15-12-30-64-55(61)39(3)4)54(63-32-29-41(37-59)38-60)49(35-50)16-13-31-65-56(62)57(5,6)7/h25-28,33-36,40-41,43-45,59-60H,3,8-24,29-32,37-38H2,1-2,4-7H3. The summed E-state index contributed by atoms with van der Waals surface area (Å²) in [7, 11) is 0. The minimum absolute atomic E-state index is 0.142. The first-order valence-corrected chi connectivity index (χ1v) is 25.2. The first kappa shape index (κ1) is 52.0. The lowest BCUT2D eigenvalue weighted by Crippen LogP contribution is -2.25. The summed E-state index contributed by atoms with van der Waals surface area (Å²) in [5, 5.41) is 19.5. The lowest BCUT2D eigenvalue weighted by Gasteiger charge is -2.38. The smallest absolute Gasteiger partial charge is 0.333 e. The van der Waals surface area contributed by atoms with Crippen LogP contribution in [0.5, 0.6) is 5.75 Å². The molecule has 2 N–H and O–H groups in total. The zero-order valence-corrected chi connectivity index (χ0v) is 40.8. The number of unbranched alkanes of at least 4 members (excludes halogenated alkanes) is 2. The molecule has 3 aromatic carbocycles. The first-order chi connectivity index (χ1) is 31.3. The zero-order valence-electron chi connectivity index (χ0n) is 40.8. The van der Waals surface area contributed by atoms with Gasteiger partial charge in [0.1, 0.15) is 11.6 Å². The molecule has 8 heteroatoms. The van der Waals surface area contributed by atoms with Crippen LogP contribution in [-0.2, 0) is 38.3 Å². The summed E-state index contributed by atoms with van der Waals surface area (Å²) in [5.41, 5.74) is 7.34. The van der Waals surface area contributed by atoms with Gasteiger partial charge < -0.3 is 24.4 Å². The number of hydrogen-bond acceptors (Lipinski definition) is 7. The van der Waals surface area contributed by atoms with E-state index < -0.39 is 11.4 Å². The normalized spacial score (nSPS) is 19.0. The van der Waals surface area contributed by atoms with E-state index in [1.807, 2.05) is 32.9 Å². The molecule has 2 aliphatic rings. The Hall–Kier alpha value is -4.01. The second-order valence-corrected chi connectivity index (χ2v) is 20.4. The molecule has 2 fully saturated rings. The fraction of sp³-hybridized carbons (Fsp3) is 0.614. The van der Waals surface area contributed by atoms with E-state index in [1.165, 1.54) is 64.2 Å². The van der Waals surface area contributed by atoms with Crippen LogP contribution in [0.4, 0.5) is 4.39 Å². The maximum atomic E-state index is 16.2. The number of aliphatic hydroxyl groups excluding tert-OH is 2. The number of aryl methyl sites for hydroxylation is 3. The summed E-state index contributed by atoms with van der Waals surface area (Å²) in [4.78, 5) is 24.8. The van der Waals surface area contributed by atoms with Gasteiger partial charge in [0.05, 0.1) is 25.2 Å². The second-order valence-electron chi connectivity index (χ2n) is 20.4. The van der Waals surface area contributed by atoms with Crippen LogP contribution in [0.15, 0.2) is 60.7 Å². The van der Waals surface area contributed by atoms with Crippen LogP contribution in [0, 0.1) is 34.9 Å². The van der Waals surface area contributed by atoms with Crippen molar-refractivity contribution >= 4 is 11.9 Å². The van der Waals surface area contributed by atoms with Crippen LogP contribution < -0.4 is 4.74 Å². The molecule has 2 aliphatic carbocycles. The predicted molar refractivity (Wildman–Crippen MR) is 262 cm³/mol. The van der Waals surface area contributed by atoms with Gasteiger partial charge in [0.25, 0.3) is 0 Å². The molecule has 0 amide bonds. The van der Waals surface area contributed by atoms with Crippen molar-refractivity contribution < 1.29 is 38.4 Å². The number of carbonyl (C=O) groups excluding carboxylic acids is 2. The van der Waals surface area contributed by atoms with Gasteiger partial charge in [0, 0.05) is 30.3 Å². The average molecular weight is 897 g/mol. The summed E-state index contributed by atoms with van der Waals surface area (Å²) in [6, 6.07) is 16.5. The third-order valence-electron chi connectivity index (χ3n) is 14.3.